The van der Waals surface area contributed by atoms with Crippen LogP contribution in [0.25, 0.3) is 0 Å². The molecular weight excluding hydrogens is 122 g/mol. The van der Waals surface area contributed by atoms with Crippen LogP contribution >= 0.6 is 0 Å². The fraction of sp³-hybridized carbons (Fsp3) is 0. The molecule has 0 spiro atoms. The Bertz CT molecular complexity index is 7.51. The van der Waals surface area contributed by atoms with E-state index in [0.29, 0.717) is 0 Å². The van der Waals surface area contributed by atoms with Gasteiger partial charge >= 0.3 is 49.7 Å². The van der Waals surface area contributed by atoms with Crippen LogP contribution in [0.15, 0.2) is 0 Å². The standard InChI is InChI=1S/FH.K.4H2O/h1H;;4*1H2/q;+1;;;;/p-1. The molecule has 0 heterocycles. The van der Waals surface area contributed by atoms with Crippen LogP contribution in [0.5, 0.6) is 0 Å². The minimum atomic E-state index is -0.438. The van der Waals surface area contributed by atoms with E-state index in [1.54, 1.807) is 0 Å². The van der Waals surface area contributed by atoms with Gasteiger partial charge in [0, 0.05) is 0 Å². The van der Waals surface area contributed by atoms with Gasteiger partial charge in [-0.2, -0.15) is 0 Å². The predicted octanol–water partition coefficient (Wildman–Crippen LogP) is -3.26. The molecule has 0 amide bonds. The van der Waals surface area contributed by atoms with Crippen molar-refractivity contribution in [1.29, 1.82) is 0 Å². The molecule has 0 radical (unpaired) electrons. The van der Waals surface area contributed by atoms with E-state index in [1.165, 1.54) is 0 Å². The van der Waals surface area contributed by atoms with E-state index in [4.69, 9.17) is 0 Å². The Morgan fingerprint density at radius 1 is 0.667 bits per heavy atom. The van der Waals surface area contributed by atoms with Gasteiger partial charge in [0.05, 0.1) is 0 Å². The summed E-state index contributed by atoms with van der Waals surface area (Å²) in [4.78, 5) is 0. The zero-order valence-electron chi connectivity index (χ0n) is 3.38. The normalized spacial score (nSPS) is 1.17. The topological polar surface area (TPSA) is 126 Å². The summed E-state index contributed by atoms with van der Waals surface area (Å²) < 4.78 is 9.69. The Morgan fingerprint density at radius 3 is 0.667 bits per heavy atom. The number of hydrogen-bond donors (Lipinski definition) is 0. The van der Waals surface area contributed by atoms with Gasteiger partial charge in [0.1, 0.15) is 0 Å². The first kappa shape index (κ1) is 52.5. The maximum atomic E-state index is 9.69. The van der Waals surface area contributed by atoms with Gasteiger partial charge in [-0.1, -0.05) is 0 Å². The van der Waals surface area contributed by atoms with Crippen LogP contribution in [0.2, 0.25) is 0 Å². The van der Waals surface area contributed by atoms with E-state index >= 15 is 0 Å². The molecule has 0 aliphatic carbocycles. The number of rotatable bonds is 0. The number of hydrogen-bond acceptors (Lipinski definition) is 0. The van der Waals surface area contributed by atoms with E-state index in [2.05, 4.69) is 0 Å². The van der Waals surface area contributed by atoms with Crippen LogP contribution in [0.4, 0.5) is -0.211 Å². The van der Waals surface area contributed by atoms with Gasteiger partial charge in [0.2, 0.25) is 0 Å². The van der Waals surface area contributed by atoms with Crippen LogP contribution in [0.3, 0.4) is 0 Å². The van der Waals surface area contributed by atoms with Crippen molar-refractivity contribution in [2.24, 2.45) is 0 Å². The zero-order valence-corrected chi connectivity index (χ0v) is 6.50. The van der Waals surface area contributed by atoms with E-state index in [1.807, 2.05) is 0 Å². The van der Waals surface area contributed by atoms with Crippen molar-refractivity contribution in [2.45, 2.75) is 0 Å². The van der Waals surface area contributed by atoms with Gasteiger partial charge in [0.25, 0.3) is 0 Å². The Kier molecular flexibility index (Phi) is 828. The predicted molar refractivity (Wildman–Crippen MR) is 21.3 cm³/mol. The van der Waals surface area contributed by atoms with E-state index in [-0.39, 0.29) is 21.9 Å². The first-order chi connectivity index (χ1) is 1.00. The zero-order chi connectivity index (χ0) is 2.00. The Hall–Kier alpha value is 1.41. The van der Waals surface area contributed by atoms with Gasteiger partial charge < -0.3 is 21.9 Å². The van der Waals surface area contributed by atoms with Crippen molar-refractivity contribution in [2.75, 3.05) is 0 Å². The molecule has 0 saturated heterocycles. The molecule has 0 unspecified atom stereocenters. The van der Waals surface area contributed by atoms with Crippen LogP contribution in [0.1, 0.15) is 0 Å². The van der Waals surface area contributed by atoms with Crippen LogP contribution < -0.4 is 0 Å². The molecule has 40 valence electrons. The molecule has 6 heavy (non-hydrogen) atoms. The number of halogens is 1. The molecule has 0 rings (SSSR count). The quantitative estimate of drug-likeness (QED) is 0.305. The van der Waals surface area contributed by atoms with Crippen molar-refractivity contribution in [3.8, 4) is 0 Å². The summed E-state index contributed by atoms with van der Waals surface area (Å²) in [7, 11) is 0. The van der Waals surface area contributed by atoms with Gasteiger partial charge in [-0.05, 0) is 0 Å². The average molecular weight is 130 g/mol. The SMILES string of the molecule is O.O.O.O.[F][K]. The van der Waals surface area contributed by atoms with Crippen LogP contribution in [-0.4, -0.2) is 71.8 Å². The van der Waals surface area contributed by atoms with Crippen LogP contribution in [0, 0.1) is 0 Å². The maximum absolute atomic E-state index is 9.69. The second-order valence-corrected chi connectivity index (χ2v) is 0. The Labute approximate surface area is 70.5 Å². The third-order valence-corrected chi connectivity index (χ3v) is 0. The summed E-state index contributed by atoms with van der Waals surface area (Å²) in [6, 6.07) is 0. The first-order valence-electron chi connectivity index (χ1n) is 0.378. The Morgan fingerprint density at radius 2 is 0.667 bits per heavy atom. The molecule has 0 saturated carbocycles. The molecule has 0 atom stereocenters. The van der Waals surface area contributed by atoms with Gasteiger partial charge in [-0.15, -0.1) is 0 Å². The van der Waals surface area contributed by atoms with Gasteiger partial charge in [0.15, 0.2) is 0 Å². The molecule has 0 bridgehead atoms. The monoisotopic (exact) mass is 130 g/mol. The molecule has 4 nitrogen and oxygen atoms in total. The van der Waals surface area contributed by atoms with Gasteiger partial charge in [-0.25, -0.2) is 0 Å². The third kappa shape index (κ3) is 53.1. The summed E-state index contributed by atoms with van der Waals surface area (Å²) in [6.07, 6.45) is 0. The van der Waals surface area contributed by atoms with Crippen molar-refractivity contribution < 1.29 is 21.7 Å². The van der Waals surface area contributed by atoms with Crippen molar-refractivity contribution in [3.05, 3.63) is 0 Å². The molecule has 0 aliphatic rings. The molecule has 0 aromatic heterocycles. The van der Waals surface area contributed by atoms with Crippen molar-refractivity contribution in [3.63, 3.8) is 0 Å². The molecule has 6 heteroatoms. The molecule has 8 N–H and O–H groups in total. The molecule has 0 fully saturated rings. The Balaban J connectivity index is -0.000000000833. The summed E-state index contributed by atoms with van der Waals surface area (Å²) >= 11 is -0.438. The average Bonchev–Trinajstić information content (AvgIpc) is 1.00. The second-order valence-electron chi connectivity index (χ2n) is 0. The summed E-state index contributed by atoms with van der Waals surface area (Å²) in [5.74, 6) is 0. The molecule has 0 aromatic rings. The molecule has 0 aliphatic heterocycles. The van der Waals surface area contributed by atoms with E-state index in [9.17, 15) is -0.211 Å². The summed E-state index contributed by atoms with van der Waals surface area (Å²) in [5, 5.41) is 0. The fourth-order valence-corrected chi connectivity index (χ4v) is 0. The third-order valence-electron chi connectivity index (χ3n) is 0. The van der Waals surface area contributed by atoms with E-state index in [0.717, 1.165) is 0 Å². The first-order valence-corrected chi connectivity index (χ1v) is 1.56. The minimum absolute atomic E-state index is 0. The van der Waals surface area contributed by atoms with Crippen LogP contribution in [-0.2, 0) is 0 Å². The second kappa shape index (κ2) is 94.7. The van der Waals surface area contributed by atoms with Gasteiger partial charge in [-0.3, -0.25) is 0 Å². The summed E-state index contributed by atoms with van der Waals surface area (Å²) in [5.41, 5.74) is 0. The van der Waals surface area contributed by atoms with Crippen molar-refractivity contribution in [1.82, 2.24) is 0 Å². The summed E-state index contributed by atoms with van der Waals surface area (Å²) in [6.45, 7) is 0. The molecular formula is H8FKO4. The van der Waals surface area contributed by atoms with E-state index < -0.39 is 49.9 Å². The molecule has 0 aromatic carbocycles. The fourth-order valence-electron chi connectivity index (χ4n) is 0. The van der Waals surface area contributed by atoms with Crippen molar-refractivity contribution >= 4 is 49.9 Å².